The zero-order chi connectivity index (χ0) is 18.6. The lowest BCUT2D eigenvalue weighted by Crippen LogP contribution is -2.27. The van der Waals surface area contributed by atoms with E-state index >= 15 is 0 Å². The van der Waals surface area contributed by atoms with Gasteiger partial charge in [-0.05, 0) is 41.8 Å². The Morgan fingerprint density at radius 3 is 2.50 bits per heavy atom. The van der Waals surface area contributed by atoms with Gasteiger partial charge in [0.05, 0.1) is 17.1 Å². The van der Waals surface area contributed by atoms with Crippen LogP contribution in [0.4, 0.5) is 5.69 Å². The number of rotatable bonds is 6. The second-order valence-electron chi connectivity index (χ2n) is 5.60. The van der Waals surface area contributed by atoms with Crippen molar-refractivity contribution in [3.63, 3.8) is 0 Å². The van der Waals surface area contributed by atoms with E-state index < -0.39 is 10.0 Å². The number of nitrogens with zero attached hydrogens (tertiary/aromatic N) is 1. The number of para-hydroxylation sites is 1. The highest BCUT2D eigenvalue weighted by Crippen LogP contribution is 2.22. The number of sulfonamides is 1. The summed E-state index contributed by atoms with van der Waals surface area (Å²) in [5.74, 6) is -0.308. The summed E-state index contributed by atoms with van der Waals surface area (Å²) in [5.41, 5.74) is 0.865. The SMILES string of the molecule is CN(c1ccccc1)S(=O)(=O)c1cccc(C(=O)NCc2cccs2)c1. The third-order valence-electron chi connectivity index (χ3n) is 3.88. The number of thiophene rings is 1. The van der Waals surface area contributed by atoms with Gasteiger partial charge in [-0.3, -0.25) is 9.10 Å². The fourth-order valence-corrected chi connectivity index (χ4v) is 4.30. The molecule has 0 atom stereocenters. The highest BCUT2D eigenvalue weighted by Gasteiger charge is 2.22. The Kier molecular flexibility index (Phi) is 5.39. The third-order valence-corrected chi connectivity index (χ3v) is 6.54. The first-order chi connectivity index (χ1) is 12.5. The van der Waals surface area contributed by atoms with E-state index in [1.807, 2.05) is 23.6 Å². The van der Waals surface area contributed by atoms with E-state index in [1.54, 1.807) is 47.7 Å². The van der Waals surface area contributed by atoms with Crippen molar-refractivity contribution in [1.82, 2.24) is 5.32 Å². The predicted molar refractivity (Wildman–Crippen MR) is 104 cm³/mol. The molecule has 0 aliphatic heterocycles. The molecule has 0 saturated heterocycles. The first kappa shape index (κ1) is 18.2. The lowest BCUT2D eigenvalue weighted by Gasteiger charge is -2.19. The molecule has 0 saturated carbocycles. The van der Waals surface area contributed by atoms with Gasteiger partial charge < -0.3 is 5.32 Å². The number of benzene rings is 2. The maximum atomic E-state index is 12.8. The number of amides is 1. The largest absolute Gasteiger partial charge is 0.347 e. The number of hydrogen-bond acceptors (Lipinski definition) is 4. The van der Waals surface area contributed by atoms with Crippen LogP contribution in [0.2, 0.25) is 0 Å². The van der Waals surface area contributed by atoms with Crippen LogP contribution < -0.4 is 9.62 Å². The Hall–Kier alpha value is -2.64. The zero-order valence-corrected chi connectivity index (χ0v) is 15.8. The zero-order valence-electron chi connectivity index (χ0n) is 14.1. The summed E-state index contributed by atoms with van der Waals surface area (Å²) >= 11 is 1.55. The highest BCUT2D eigenvalue weighted by molar-refractivity contribution is 7.92. The van der Waals surface area contributed by atoms with Gasteiger partial charge in [-0.1, -0.05) is 30.3 Å². The van der Waals surface area contributed by atoms with Gasteiger partial charge in [0, 0.05) is 17.5 Å². The van der Waals surface area contributed by atoms with E-state index in [1.165, 1.54) is 23.5 Å². The van der Waals surface area contributed by atoms with Crippen molar-refractivity contribution < 1.29 is 13.2 Å². The standard InChI is InChI=1S/C19H18N2O3S2/c1-21(16-8-3-2-4-9-16)26(23,24)18-11-5-7-15(13-18)19(22)20-14-17-10-6-12-25-17/h2-13H,14H2,1H3,(H,20,22). The van der Waals surface area contributed by atoms with Crippen molar-refractivity contribution >= 4 is 33.0 Å². The molecular formula is C19H18N2O3S2. The lowest BCUT2D eigenvalue weighted by molar-refractivity contribution is 0.0951. The molecule has 0 bridgehead atoms. The average molecular weight is 386 g/mol. The number of carbonyl (C=O) groups excluding carboxylic acids is 1. The molecule has 3 rings (SSSR count). The van der Waals surface area contributed by atoms with Crippen molar-refractivity contribution in [3.8, 4) is 0 Å². The first-order valence-electron chi connectivity index (χ1n) is 7.93. The summed E-state index contributed by atoms with van der Waals surface area (Å²) in [5, 5.41) is 4.74. The van der Waals surface area contributed by atoms with Gasteiger partial charge in [-0.15, -0.1) is 11.3 Å². The van der Waals surface area contributed by atoms with Crippen molar-refractivity contribution in [3.05, 3.63) is 82.6 Å². The molecule has 0 radical (unpaired) electrons. The molecule has 5 nitrogen and oxygen atoms in total. The van der Waals surface area contributed by atoms with Gasteiger partial charge in [0.2, 0.25) is 0 Å². The van der Waals surface area contributed by atoms with E-state index in [0.717, 1.165) is 4.88 Å². The summed E-state index contributed by atoms with van der Waals surface area (Å²) in [4.78, 5) is 13.5. The molecule has 0 aliphatic carbocycles. The Morgan fingerprint density at radius 1 is 1.04 bits per heavy atom. The Morgan fingerprint density at radius 2 is 1.81 bits per heavy atom. The summed E-state index contributed by atoms with van der Waals surface area (Å²) < 4.78 is 26.9. The van der Waals surface area contributed by atoms with Crippen LogP contribution in [0.3, 0.4) is 0 Å². The van der Waals surface area contributed by atoms with E-state index in [2.05, 4.69) is 5.32 Å². The van der Waals surface area contributed by atoms with E-state index in [0.29, 0.717) is 17.8 Å². The number of carbonyl (C=O) groups is 1. The summed E-state index contributed by atoms with van der Waals surface area (Å²) in [6.45, 7) is 0.414. The maximum Gasteiger partial charge on any atom is 0.264 e. The number of nitrogens with one attached hydrogen (secondary N) is 1. The predicted octanol–water partition coefficient (Wildman–Crippen LogP) is 3.50. The van der Waals surface area contributed by atoms with Gasteiger partial charge in [-0.2, -0.15) is 0 Å². The summed E-state index contributed by atoms with van der Waals surface area (Å²) in [7, 11) is -2.26. The van der Waals surface area contributed by atoms with Crippen LogP contribution in [0, 0.1) is 0 Å². The van der Waals surface area contributed by atoms with Crippen molar-refractivity contribution in [2.45, 2.75) is 11.4 Å². The van der Waals surface area contributed by atoms with Crippen LogP contribution in [0.15, 0.2) is 77.0 Å². The molecule has 2 aromatic carbocycles. The van der Waals surface area contributed by atoms with E-state index in [9.17, 15) is 13.2 Å². The van der Waals surface area contributed by atoms with Crippen molar-refractivity contribution in [1.29, 1.82) is 0 Å². The molecular weight excluding hydrogens is 368 g/mol. The van der Waals surface area contributed by atoms with Crippen LogP contribution in [0.5, 0.6) is 0 Å². The number of anilines is 1. The molecule has 134 valence electrons. The smallest absolute Gasteiger partial charge is 0.264 e. The minimum atomic E-state index is -3.75. The van der Waals surface area contributed by atoms with Crippen LogP contribution in [0.1, 0.15) is 15.2 Å². The monoisotopic (exact) mass is 386 g/mol. The molecule has 0 spiro atoms. The second kappa shape index (κ2) is 7.72. The topological polar surface area (TPSA) is 66.5 Å². The molecule has 26 heavy (non-hydrogen) atoms. The molecule has 1 heterocycles. The Balaban J connectivity index is 1.80. The van der Waals surface area contributed by atoms with Gasteiger partial charge in [0.25, 0.3) is 15.9 Å². The maximum absolute atomic E-state index is 12.8. The fraction of sp³-hybridized carbons (Fsp3) is 0.105. The summed E-state index contributed by atoms with van der Waals surface area (Å²) in [6, 6.07) is 18.7. The molecule has 0 aliphatic rings. The molecule has 0 unspecified atom stereocenters. The van der Waals surface area contributed by atoms with Crippen molar-refractivity contribution in [2.24, 2.45) is 0 Å². The first-order valence-corrected chi connectivity index (χ1v) is 10.2. The minimum Gasteiger partial charge on any atom is -0.347 e. The van der Waals surface area contributed by atoms with Crippen LogP contribution in [0.25, 0.3) is 0 Å². The quantitative estimate of drug-likeness (QED) is 0.705. The van der Waals surface area contributed by atoms with Gasteiger partial charge in [0.1, 0.15) is 0 Å². The normalized spacial score (nSPS) is 11.1. The molecule has 1 N–H and O–H groups in total. The number of hydrogen-bond donors (Lipinski definition) is 1. The summed E-state index contributed by atoms with van der Waals surface area (Å²) in [6.07, 6.45) is 0. The Labute approximate surface area is 157 Å². The van der Waals surface area contributed by atoms with Gasteiger partial charge in [0.15, 0.2) is 0 Å². The molecule has 3 aromatic rings. The van der Waals surface area contributed by atoms with E-state index in [4.69, 9.17) is 0 Å². The van der Waals surface area contributed by atoms with Crippen LogP contribution in [-0.4, -0.2) is 21.4 Å². The minimum absolute atomic E-state index is 0.0765. The molecule has 1 amide bonds. The van der Waals surface area contributed by atoms with Gasteiger partial charge >= 0.3 is 0 Å². The Bertz CT molecular complexity index is 985. The molecule has 1 aromatic heterocycles. The van der Waals surface area contributed by atoms with Crippen LogP contribution >= 0.6 is 11.3 Å². The second-order valence-corrected chi connectivity index (χ2v) is 8.60. The lowest BCUT2D eigenvalue weighted by atomic mass is 10.2. The fourth-order valence-electron chi connectivity index (χ4n) is 2.42. The molecule has 0 fully saturated rings. The van der Waals surface area contributed by atoms with Gasteiger partial charge in [-0.25, -0.2) is 8.42 Å². The average Bonchev–Trinajstić information content (AvgIpc) is 3.20. The highest BCUT2D eigenvalue weighted by atomic mass is 32.2. The van der Waals surface area contributed by atoms with Crippen molar-refractivity contribution in [2.75, 3.05) is 11.4 Å². The van der Waals surface area contributed by atoms with Crippen LogP contribution in [-0.2, 0) is 16.6 Å². The molecule has 7 heteroatoms. The van der Waals surface area contributed by atoms with E-state index in [-0.39, 0.29) is 10.8 Å². The third kappa shape index (κ3) is 3.95.